The second kappa shape index (κ2) is 9.32. The average Bonchev–Trinajstić information content (AvgIpc) is 3.04. The summed E-state index contributed by atoms with van der Waals surface area (Å²) < 4.78 is 18.3. The van der Waals surface area contributed by atoms with Crippen molar-refractivity contribution in [3.05, 3.63) is 35.9 Å². The predicted octanol–water partition coefficient (Wildman–Crippen LogP) is 3.14. The number of Topliss-reactive ketones (excluding diaryl/α,β-unsaturated/α-hetero) is 1. The number of benzene rings is 1. The zero-order valence-corrected chi connectivity index (χ0v) is 20.2. The third-order valence-electron chi connectivity index (χ3n) is 8.18. The number of carbonyl (C=O) groups excluding carboxylic acids is 2. The van der Waals surface area contributed by atoms with E-state index >= 15 is 0 Å². The van der Waals surface area contributed by atoms with Gasteiger partial charge in [-0.2, -0.15) is 0 Å². The molecule has 6 rings (SSSR count). The Hall–Kier alpha value is -1.84. The van der Waals surface area contributed by atoms with Gasteiger partial charge in [-0.25, -0.2) is 9.78 Å². The Bertz CT molecular complexity index is 910. The van der Waals surface area contributed by atoms with Gasteiger partial charge in [0.05, 0.1) is 13.1 Å². The number of fused-ring (bicyclic) bond motifs is 2. The van der Waals surface area contributed by atoms with Gasteiger partial charge in [-0.1, -0.05) is 44.2 Å². The van der Waals surface area contributed by atoms with Crippen molar-refractivity contribution in [1.29, 1.82) is 0 Å². The first-order chi connectivity index (χ1) is 16.3. The molecular weight excluding hydrogens is 438 g/mol. The molecule has 0 aromatic heterocycles. The molecular formula is C26H35NO7. The van der Waals surface area contributed by atoms with Crippen molar-refractivity contribution in [1.82, 2.24) is 5.32 Å². The third kappa shape index (κ3) is 4.31. The van der Waals surface area contributed by atoms with Crippen LogP contribution in [0.15, 0.2) is 30.3 Å². The molecule has 5 aliphatic rings. The molecule has 0 unspecified atom stereocenters. The molecule has 5 fully saturated rings. The van der Waals surface area contributed by atoms with Gasteiger partial charge in [0.2, 0.25) is 12.1 Å². The van der Waals surface area contributed by atoms with E-state index in [1.54, 1.807) is 0 Å². The fraction of sp³-hybridized carbons (Fsp3) is 0.692. The fourth-order valence-corrected chi connectivity index (χ4v) is 6.37. The van der Waals surface area contributed by atoms with Gasteiger partial charge < -0.3 is 19.5 Å². The Morgan fingerprint density at radius 3 is 2.65 bits per heavy atom. The first-order valence-corrected chi connectivity index (χ1v) is 12.5. The minimum atomic E-state index is -0.868. The zero-order chi connectivity index (χ0) is 23.9. The number of esters is 1. The molecule has 0 amide bonds. The maximum atomic E-state index is 12.6. The van der Waals surface area contributed by atoms with E-state index in [0.717, 1.165) is 31.2 Å². The Morgan fingerprint density at radius 1 is 1.06 bits per heavy atom. The van der Waals surface area contributed by atoms with E-state index in [1.807, 2.05) is 44.2 Å². The SMILES string of the molecule is C[C@H]1[C@@H](OC(=O)CNCC(=O)Cc2ccccc2)O[C@@H]2O[C@@]3(C)CC[C@H]4[C@H](C)CC[C@@H]1[C@@]24OO3. The Morgan fingerprint density at radius 2 is 1.85 bits per heavy atom. The Kier molecular flexibility index (Phi) is 6.54. The molecule has 4 aliphatic heterocycles. The lowest BCUT2D eigenvalue weighted by molar-refractivity contribution is -0.576. The smallest absolute Gasteiger partial charge is 0.322 e. The molecule has 1 saturated carbocycles. The van der Waals surface area contributed by atoms with Crippen LogP contribution in [-0.4, -0.2) is 48.8 Å². The van der Waals surface area contributed by atoms with Gasteiger partial charge in [-0.15, -0.1) is 0 Å². The summed E-state index contributed by atoms with van der Waals surface area (Å²) >= 11 is 0. The topological polar surface area (TPSA) is 92.3 Å². The van der Waals surface area contributed by atoms with Crippen LogP contribution in [0.2, 0.25) is 0 Å². The van der Waals surface area contributed by atoms with Gasteiger partial charge in [-0.05, 0) is 43.6 Å². The highest BCUT2D eigenvalue weighted by Gasteiger charge is 2.69. The van der Waals surface area contributed by atoms with Crippen molar-refractivity contribution in [2.75, 3.05) is 13.1 Å². The van der Waals surface area contributed by atoms with Crippen LogP contribution in [0.5, 0.6) is 0 Å². The van der Waals surface area contributed by atoms with Crippen molar-refractivity contribution in [2.24, 2.45) is 23.7 Å². The molecule has 4 saturated heterocycles. The molecule has 0 radical (unpaired) electrons. The molecule has 34 heavy (non-hydrogen) atoms. The molecule has 1 spiro atoms. The number of hydrogen-bond acceptors (Lipinski definition) is 8. The van der Waals surface area contributed by atoms with Crippen LogP contribution in [0.4, 0.5) is 0 Å². The second-order valence-electron chi connectivity index (χ2n) is 10.6. The molecule has 186 valence electrons. The lowest BCUT2D eigenvalue weighted by atomic mass is 9.58. The zero-order valence-electron chi connectivity index (χ0n) is 20.2. The summed E-state index contributed by atoms with van der Waals surface area (Å²) in [7, 11) is 0. The highest BCUT2D eigenvalue weighted by Crippen LogP contribution is 2.60. The van der Waals surface area contributed by atoms with Crippen LogP contribution in [0.1, 0.15) is 52.0 Å². The van der Waals surface area contributed by atoms with Crippen molar-refractivity contribution in [3.63, 3.8) is 0 Å². The van der Waals surface area contributed by atoms with E-state index in [2.05, 4.69) is 12.2 Å². The third-order valence-corrected chi connectivity index (χ3v) is 8.18. The van der Waals surface area contributed by atoms with E-state index in [1.165, 1.54) is 0 Å². The fourth-order valence-electron chi connectivity index (χ4n) is 6.37. The summed E-state index contributed by atoms with van der Waals surface area (Å²) in [5.41, 5.74) is 0.269. The largest absolute Gasteiger partial charge is 0.434 e. The van der Waals surface area contributed by atoms with E-state index < -0.39 is 29.9 Å². The van der Waals surface area contributed by atoms with E-state index in [0.29, 0.717) is 12.3 Å². The summed E-state index contributed by atoms with van der Waals surface area (Å²) in [5.74, 6) is -0.566. The molecule has 4 heterocycles. The molecule has 1 N–H and O–H groups in total. The number of carbonyl (C=O) groups is 2. The van der Waals surface area contributed by atoms with Crippen LogP contribution >= 0.6 is 0 Å². The average molecular weight is 474 g/mol. The van der Waals surface area contributed by atoms with Crippen LogP contribution in [0.3, 0.4) is 0 Å². The monoisotopic (exact) mass is 473 g/mol. The lowest BCUT2D eigenvalue weighted by Crippen LogP contribution is -2.70. The second-order valence-corrected chi connectivity index (χ2v) is 10.6. The van der Waals surface area contributed by atoms with Gasteiger partial charge in [0.15, 0.2) is 17.7 Å². The van der Waals surface area contributed by atoms with Gasteiger partial charge in [0.25, 0.3) is 0 Å². The van der Waals surface area contributed by atoms with Crippen molar-refractivity contribution < 1.29 is 33.6 Å². The van der Waals surface area contributed by atoms with Gasteiger partial charge in [0.1, 0.15) is 0 Å². The van der Waals surface area contributed by atoms with Crippen molar-refractivity contribution >= 4 is 11.8 Å². The summed E-state index contributed by atoms with van der Waals surface area (Å²) in [4.78, 5) is 36.7. The van der Waals surface area contributed by atoms with Crippen LogP contribution in [0.25, 0.3) is 0 Å². The highest BCUT2D eigenvalue weighted by atomic mass is 17.3. The number of ketones is 1. The van der Waals surface area contributed by atoms with Crippen LogP contribution in [0, 0.1) is 23.7 Å². The molecule has 8 heteroatoms. The van der Waals surface area contributed by atoms with Gasteiger partial charge in [-0.3, -0.25) is 9.59 Å². The van der Waals surface area contributed by atoms with Gasteiger partial charge >= 0.3 is 5.97 Å². The molecule has 1 aromatic rings. The summed E-state index contributed by atoms with van der Waals surface area (Å²) in [6.07, 6.45) is 2.64. The van der Waals surface area contributed by atoms with E-state index in [4.69, 9.17) is 24.0 Å². The standard InChI is InChI=1S/C26H35NO7/c1-16-9-10-21-17(2)23(31-24-26(21)20(16)11-12-25(3,32-24)33-34-26)30-22(29)15-27-14-19(28)13-18-7-5-4-6-8-18/h4-8,16-17,20-21,23-24,27H,9-15H2,1-3H3/t16-,17-,20+,21+,23+,24-,25-,26-/m1/s1. The summed E-state index contributed by atoms with van der Waals surface area (Å²) in [5, 5.41) is 2.90. The number of hydrogen-bond donors (Lipinski definition) is 1. The molecule has 1 aliphatic carbocycles. The minimum Gasteiger partial charge on any atom is -0.434 e. The molecule has 2 bridgehead atoms. The lowest BCUT2D eigenvalue weighted by Gasteiger charge is -2.59. The van der Waals surface area contributed by atoms with Crippen LogP contribution < -0.4 is 5.32 Å². The van der Waals surface area contributed by atoms with Crippen molar-refractivity contribution in [3.8, 4) is 0 Å². The molecule has 8 nitrogen and oxygen atoms in total. The van der Waals surface area contributed by atoms with Crippen LogP contribution in [-0.2, 0) is 40.0 Å². The van der Waals surface area contributed by atoms with E-state index in [-0.39, 0.29) is 36.6 Å². The minimum absolute atomic E-state index is 0.0128. The Balaban J connectivity index is 1.19. The normalized spacial score (nSPS) is 40.8. The maximum absolute atomic E-state index is 12.6. The van der Waals surface area contributed by atoms with Gasteiger partial charge in [0, 0.05) is 24.7 Å². The maximum Gasteiger partial charge on any atom is 0.322 e. The number of ether oxygens (including phenoxy) is 3. The number of rotatable bonds is 7. The highest BCUT2D eigenvalue weighted by molar-refractivity contribution is 5.83. The Labute approximate surface area is 200 Å². The quantitative estimate of drug-likeness (QED) is 0.477. The first-order valence-electron chi connectivity index (χ1n) is 12.5. The summed E-state index contributed by atoms with van der Waals surface area (Å²) in [6.45, 7) is 6.21. The van der Waals surface area contributed by atoms with E-state index in [9.17, 15) is 9.59 Å². The van der Waals surface area contributed by atoms with Crippen molar-refractivity contribution in [2.45, 2.75) is 76.8 Å². The first kappa shape index (κ1) is 23.9. The molecule has 1 aromatic carbocycles. The molecule has 8 atom stereocenters. The summed E-state index contributed by atoms with van der Waals surface area (Å²) in [6, 6.07) is 9.54. The predicted molar refractivity (Wildman–Crippen MR) is 121 cm³/mol. The number of nitrogens with one attached hydrogen (secondary N) is 1.